The van der Waals surface area contributed by atoms with Crippen molar-refractivity contribution >= 4 is 43.5 Å². The highest BCUT2D eigenvalue weighted by atomic mass is 79.9. The first-order valence-corrected chi connectivity index (χ1v) is 11.5. The van der Waals surface area contributed by atoms with Crippen LogP contribution in [0.15, 0.2) is 57.9 Å². The van der Waals surface area contributed by atoms with Gasteiger partial charge in [0.1, 0.15) is 0 Å². The van der Waals surface area contributed by atoms with Crippen LogP contribution in [0.4, 0.5) is 5.69 Å². The topological polar surface area (TPSA) is 95.6 Å². The van der Waals surface area contributed by atoms with Crippen molar-refractivity contribution in [3.63, 3.8) is 0 Å². The predicted molar refractivity (Wildman–Crippen MR) is 114 cm³/mol. The number of nitrogens with one attached hydrogen (secondary N) is 2. The van der Waals surface area contributed by atoms with Crippen LogP contribution in [0, 0.1) is 0 Å². The third-order valence-corrected chi connectivity index (χ3v) is 7.23. The van der Waals surface area contributed by atoms with E-state index in [9.17, 15) is 18.0 Å². The molecule has 1 aliphatic heterocycles. The zero-order chi connectivity index (χ0) is 20.9. The van der Waals surface area contributed by atoms with Crippen LogP contribution in [0.25, 0.3) is 0 Å². The number of hydrogen-bond acceptors (Lipinski definition) is 4. The van der Waals surface area contributed by atoms with E-state index >= 15 is 0 Å². The SMILES string of the molecule is O=C(CNC(=O)c1ccc(S(=O)(=O)N2CCCCC2)cc1)Nc1ccccc1Br. The number of nitrogens with zero attached hydrogens (tertiary/aromatic N) is 1. The molecule has 2 N–H and O–H groups in total. The zero-order valence-electron chi connectivity index (χ0n) is 15.7. The maximum atomic E-state index is 12.7. The summed E-state index contributed by atoms with van der Waals surface area (Å²) in [6.45, 7) is 0.850. The highest BCUT2D eigenvalue weighted by Gasteiger charge is 2.25. The standard InChI is InChI=1S/C20H22BrN3O4S/c21-17-6-2-3-7-18(17)23-19(25)14-22-20(26)15-8-10-16(11-9-15)29(27,28)24-12-4-1-5-13-24/h2-3,6-11H,1,4-5,12-14H2,(H,22,26)(H,23,25). The Morgan fingerprint density at radius 3 is 2.28 bits per heavy atom. The highest BCUT2D eigenvalue weighted by Crippen LogP contribution is 2.22. The Hall–Kier alpha value is -2.23. The second kappa shape index (κ2) is 9.51. The Labute approximate surface area is 178 Å². The number of benzene rings is 2. The van der Waals surface area contributed by atoms with Gasteiger partial charge in [-0.2, -0.15) is 4.31 Å². The highest BCUT2D eigenvalue weighted by molar-refractivity contribution is 9.10. The summed E-state index contributed by atoms with van der Waals surface area (Å²) in [7, 11) is -3.54. The molecule has 0 saturated carbocycles. The Morgan fingerprint density at radius 1 is 0.966 bits per heavy atom. The van der Waals surface area contributed by atoms with E-state index in [1.807, 2.05) is 6.07 Å². The van der Waals surface area contributed by atoms with Crippen molar-refractivity contribution in [2.24, 2.45) is 0 Å². The van der Waals surface area contributed by atoms with Crippen molar-refractivity contribution in [1.82, 2.24) is 9.62 Å². The average Bonchev–Trinajstić information content (AvgIpc) is 2.74. The molecular formula is C20H22BrN3O4S. The summed E-state index contributed by atoms with van der Waals surface area (Å²) in [4.78, 5) is 24.5. The maximum absolute atomic E-state index is 12.7. The van der Waals surface area contributed by atoms with E-state index < -0.39 is 15.9 Å². The van der Waals surface area contributed by atoms with Crippen LogP contribution >= 0.6 is 15.9 Å². The van der Waals surface area contributed by atoms with Crippen molar-refractivity contribution in [3.05, 3.63) is 58.6 Å². The molecule has 2 amide bonds. The van der Waals surface area contributed by atoms with E-state index in [4.69, 9.17) is 0 Å². The van der Waals surface area contributed by atoms with Gasteiger partial charge in [-0.1, -0.05) is 18.6 Å². The maximum Gasteiger partial charge on any atom is 0.251 e. The van der Waals surface area contributed by atoms with E-state index in [1.165, 1.54) is 28.6 Å². The molecule has 29 heavy (non-hydrogen) atoms. The number of amides is 2. The van der Waals surface area contributed by atoms with Gasteiger partial charge < -0.3 is 10.6 Å². The lowest BCUT2D eigenvalue weighted by Gasteiger charge is -2.25. The minimum atomic E-state index is -3.54. The van der Waals surface area contributed by atoms with Crippen molar-refractivity contribution in [1.29, 1.82) is 0 Å². The minimum absolute atomic E-state index is 0.169. The Balaban J connectivity index is 1.57. The summed E-state index contributed by atoms with van der Waals surface area (Å²) >= 11 is 3.34. The second-order valence-electron chi connectivity index (χ2n) is 6.70. The van der Waals surface area contributed by atoms with Crippen LogP contribution < -0.4 is 10.6 Å². The summed E-state index contributed by atoms with van der Waals surface area (Å²) in [5.74, 6) is -0.816. The minimum Gasteiger partial charge on any atom is -0.343 e. The second-order valence-corrected chi connectivity index (χ2v) is 9.49. The number of carbonyl (C=O) groups is 2. The van der Waals surface area contributed by atoms with Crippen molar-refractivity contribution in [3.8, 4) is 0 Å². The molecule has 7 nitrogen and oxygen atoms in total. The van der Waals surface area contributed by atoms with Crippen molar-refractivity contribution in [2.75, 3.05) is 25.0 Å². The van der Waals surface area contributed by atoms with Crippen LogP contribution in [0.1, 0.15) is 29.6 Å². The van der Waals surface area contributed by atoms with Gasteiger partial charge in [0.25, 0.3) is 5.91 Å². The van der Waals surface area contributed by atoms with Crippen LogP contribution in [0.3, 0.4) is 0 Å². The molecule has 0 spiro atoms. The van der Waals surface area contributed by atoms with Crippen LogP contribution in [0.5, 0.6) is 0 Å². The first-order valence-electron chi connectivity index (χ1n) is 9.31. The van der Waals surface area contributed by atoms with E-state index in [2.05, 4.69) is 26.6 Å². The molecule has 3 rings (SSSR count). The molecular weight excluding hydrogens is 458 g/mol. The molecule has 154 valence electrons. The number of para-hydroxylation sites is 1. The van der Waals surface area contributed by atoms with Crippen LogP contribution in [-0.2, 0) is 14.8 Å². The Kier molecular flexibility index (Phi) is 7.05. The summed E-state index contributed by atoms with van der Waals surface area (Å²) in [5.41, 5.74) is 0.898. The van der Waals surface area contributed by atoms with Crippen LogP contribution in [-0.4, -0.2) is 44.2 Å². The van der Waals surface area contributed by atoms with Gasteiger partial charge in [-0.05, 0) is 65.2 Å². The molecule has 1 fully saturated rings. The number of sulfonamides is 1. The van der Waals surface area contributed by atoms with Gasteiger partial charge in [-0.3, -0.25) is 9.59 Å². The number of anilines is 1. The lowest BCUT2D eigenvalue weighted by atomic mass is 10.2. The van der Waals surface area contributed by atoms with E-state index in [0.29, 0.717) is 18.8 Å². The summed E-state index contributed by atoms with van der Waals surface area (Å²) in [5, 5.41) is 5.23. The van der Waals surface area contributed by atoms with E-state index in [0.717, 1.165) is 23.7 Å². The molecule has 0 atom stereocenters. The largest absolute Gasteiger partial charge is 0.343 e. The molecule has 0 aromatic heterocycles. The first kappa shape index (κ1) is 21.5. The number of carbonyl (C=O) groups excluding carboxylic acids is 2. The third kappa shape index (κ3) is 5.43. The van der Waals surface area contributed by atoms with Gasteiger partial charge in [-0.15, -0.1) is 0 Å². The van der Waals surface area contributed by atoms with E-state index in [1.54, 1.807) is 18.2 Å². The number of hydrogen-bond donors (Lipinski definition) is 2. The van der Waals surface area contributed by atoms with Gasteiger partial charge in [0.2, 0.25) is 15.9 Å². The lowest BCUT2D eigenvalue weighted by molar-refractivity contribution is -0.115. The molecule has 0 bridgehead atoms. The molecule has 0 unspecified atom stereocenters. The van der Waals surface area contributed by atoms with Gasteiger partial charge in [0.15, 0.2) is 0 Å². The molecule has 1 heterocycles. The quantitative estimate of drug-likeness (QED) is 0.665. The van der Waals surface area contributed by atoms with Gasteiger partial charge in [0.05, 0.1) is 17.1 Å². The first-order chi connectivity index (χ1) is 13.9. The summed E-state index contributed by atoms with van der Waals surface area (Å²) in [6, 6.07) is 12.9. The fourth-order valence-corrected chi connectivity index (χ4v) is 4.95. The third-order valence-electron chi connectivity index (χ3n) is 4.63. The predicted octanol–water partition coefficient (Wildman–Crippen LogP) is 2.99. The lowest BCUT2D eigenvalue weighted by Crippen LogP contribution is -2.35. The molecule has 1 aliphatic rings. The van der Waals surface area contributed by atoms with Crippen molar-refractivity contribution in [2.45, 2.75) is 24.2 Å². The summed E-state index contributed by atoms with van der Waals surface area (Å²) in [6.07, 6.45) is 2.77. The Morgan fingerprint density at radius 2 is 1.62 bits per heavy atom. The molecule has 2 aromatic carbocycles. The number of rotatable bonds is 6. The van der Waals surface area contributed by atoms with Gasteiger partial charge >= 0.3 is 0 Å². The zero-order valence-corrected chi connectivity index (χ0v) is 18.1. The van der Waals surface area contributed by atoms with Gasteiger partial charge in [0, 0.05) is 23.1 Å². The Bertz CT molecular complexity index is 987. The van der Waals surface area contributed by atoms with E-state index in [-0.39, 0.29) is 22.9 Å². The normalized spacial score (nSPS) is 14.9. The summed E-state index contributed by atoms with van der Waals surface area (Å²) < 4.78 is 27.5. The molecule has 0 aliphatic carbocycles. The molecule has 0 radical (unpaired) electrons. The number of piperidine rings is 1. The molecule has 1 saturated heterocycles. The van der Waals surface area contributed by atoms with Gasteiger partial charge in [-0.25, -0.2) is 8.42 Å². The average molecular weight is 480 g/mol. The molecule has 2 aromatic rings. The van der Waals surface area contributed by atoms with Crippen LogP contribution in [0.2, 0.25) is 0 Å². The molecule has 9 heteroatoms. The monoisotopic (exact) mass is 479 g/mol. The smallest absolute Gasteiger partial charge is 0.251 e. The fourth-order valence-electron chi connectivity index (χ4n) is 3.05. The number of halogens is 1. The fraction of sp³-hybridized carbons (Fsp3) is 0.300. The van der Waals surface area contributed by atoms with Crippen molar-refractivity contribution < 1.29 is 18.0 Å².